The number of fused-ring (bicyclic) bond motifs is 2. The molecule has 2 heterocycles. The Labute approximate surface area is 148 Å². The van der Waals surface area contributed by atoms with Gasteiger partial charge in [-0.1, -0.05) is 41.1 Å². The number of carbonyl (C=O) groups is 1. The lowest BCUT2D eigenvalue weighted by atomic mass is 9.90. The lowest BCUT2D eigenvalue weighted by Gasteiger charge is -2.26. The third-order valence-electron chi connectivity index (χ3n) is 4.25. The van der Waals surface area contributed by atoms with E-state index in [9.17, 15) is 4.79 Å². The van der Waals surface area contributed by atoms with Crippen LogP contribution in [0.2, 0.25) is 5.02 Å². The van der Waals surface area contributed by atoms with Gasteiger partial charge < -0.3 is 10.6 Å². The summed E-state index contributed by atoms with van der Waals surface area (Å²) in [6, 6.07) is 11.8. The minimum Gasteiger partial charge on any atom is -0.312 e. The number of rotatable bonds is 2. The Morgan fingerprint density at radius 2 is 2.25 bits per heavy atom. The maximum atomic E-state index is 12.8. The van der Waals surface area contributed by atoms with Crippen molar-refractivity contribution in [2.24, 2.45) is 0 Å². The van der Waals surface area contributed by atoms with Crippen molar-refractivity contribution in [3.63, 3.8) is 0 Å². The number of aromatic nitrogens is 1. The molecule has 2 N–H and O–H groups in total. The maximum absolute atomic E-state index is 12.8. The number of hydrogen-bond donors (Lipinski definition) is 2. The van der Waals surface area contributed by atoms with E-state index in [1.807, 2.05) is 37.3 Å². The fourth-order valence-electron chi connectivity index (χ4n) is 3.08. The third kappa shape index (κ3) is 2.79. The van der Waals surface area contributed by atoms with Crippen molar-refractivity contribution in [3.05, 3.63) is 58.1 Å². The molecule has 4 nitrogen and oxygen atoms in total. The molecule has 0 spiro atoms. The van der Waals surface area contributed by atoms with Gasteiger partial charge in [-0.15, -0.1) is 0 Å². The largest absolute Gasteiger partial charge is 0.312 e. The summed E-state index contributed by atoms with van der Waals surface area (Å²) in [5.41, 5.74) is 4.09. The number of amides is 1. The van der Waals surface area contributed by atoms with E-state index in [0.717, 1.165) is 27.9 Å². The smallest absolute Gasteiger partial charge is 0.235 e. The molecule has 1 aliphatic heterocycles. The average Bonchev–Trinajstić information content (AvgIpc) is 2.96. The molecule has 0 saturated heterocycles. The maximum Gasteiger partial charge on any atom is 0.235 e. The second-order valence-electron chi connectivity index (χ2n) is 5.98. The van der Waals surface area contributed by atoms with E-state index in [4.69, 9.17) is 11.6 Å². The van der Waals surface area contributed by atoms with Gasteiger partial charge in [0.2, 0.25) is 5.91 Å². The van der Waals surface area contributed by atoms with E-state index in [0.29, 0.717) is 16.7 Å². The monoisotopic (exact) mass is 357 g/mol. The Balaban J connectivity index is 1.63. The fourth-order valence-corrected chi connectivity index (χ4v) is 4.37. The third-order valence-corrected chi connectivity index (χ3v) is 5.51. The van der Waals surface area contributed by atoms with Crippen molar-refractivity contribution in [2.75, 3.05) is 11.9 Å². The minimum absolute atomic E-state index is 0.0765. The van der Waals surface area contributed by atoms with Crippen LogP contribution in [-0.2, 0) is 11.3 Å². The zero-order valence-electron chi connectivity index (χ0n) is 13.1. The van der Waals surface area contributed by atoms with Gasteiger partial charge >= 0.3 is 0 Å². The van der Waals surface area contributed by atoms with Crippen LogP contribution >= 0.6 is 22.9 Å². The van der Waals surface area contributed by atoms with Gasteiger partial charge in [0, 0.05) is 18.1 Å². The summed E-state index contributed by atoms with van der Waals surface area (Å²) in [6.45, 7) is 3.36. The summed E-state index contributed by atoms with van der Waals surface area (Å²) in [4.78, 5) is 17.3. The van der Waals surface area contributed by atoms with Gasteiger partial charge in [0.05, 0.1) is 16.1 Å². The van der Waals surface area contributed by atoms with Gasteiger partial charge in [-0.05, 0) is 41.8 Å². The first kappa shape index (κ1) is 15.6. The van der Waals surface area contributed by atoms with Crippen molar-refractivity contribution in [2.45, 2.75) is 19.4 Å². The first-order valence-corrected chi connectivity index (χ1v) is 8.97. The van der Waals surface area contributed by atoms with Crippen LogP contribution < -0.4 is 10.6 Å². The second kappa shape index (κ2) is 6.16. The predicted octanol–water partition coefficient (Wildman–Crippen LogP) is 4.08. The Bertz CT molecular complexity index is 937. The quantitative estimate of drug-likeness (QED) is 0.726. The zero-order valence-corrected chi connectivity index (χ0v) is 14.7. The number of nitrogens with zero attached hydrogens (tertiary/aromatic N) is 1. The van der Waals surface area contributed by atoms with Crippen LogP contribution in [0.5, 0.6) is 0 Å². The van der Waals surface area contributed by atoms with E-state index < -0.39 is 0 Å². The number of hydrogen-bond acceptors (Lipinski definition) is 4. The molecule has 3 aromatic rings. The van der Waals surface area contributed by atoms with Gasteiger partial charge in [0.25, 0.3) is 0 Å². The summed E-state index contributed by atoms with van der Waals surface area (Å²) >= 11 is 7.84. The Kier molecular flexibility index (Phi) is 4.00. The number of carbonyl (C=O) groups excluding carboxylic acids is 1. The topological polar surface area (TPSA) is 54.0 Å². The summed E-state index contributed by atoms with van der Waals surface area (Å²) in [5.74, 6) is -0.386. The molecule has 122 valence electrons. The van der Waals surface area contributed by atoms with Crippen molar-refractivity contribution in [1.29, 1.82) is 0 Å². The van der Waals surface area contributed by atoms with E-state index in [-0.39, 0.29) is 11.8 Å². The molecular formula is C18H16ClN3OS. The van der Waals surface area contributed by atoms with Crippen LogP contribution in [0, 0.1) is 6.92 Å². The molecule has 2 aromatic carbocycles. The molecule has 4 rings (SSSR count). The predicted molar refractivity (Wildman–Crippen MR) is 98.9 cm³/mol. The number of benzene rings is 2. The molecule has 24 heavy (non-hydrogen) atoms. The van der Waals surface area contributed by atoms with Crippen molar-refractivity contribution >= 4 is 44.2 Å². The lowest BCUT2D eigenvalue weighted by Crippen LogP contribution is -2.35. The molecule has 1 aromatic heterocycles. The number of anilines is 1. The zero-order chi connectivity index (χ0) is 16.7. The van der Waals surface area contributed by atoms with Crippen molar-refractivity contribution in [1.82, 2.24) is 10.3 Å². The molecule has 6 heteroatoms. The van der Waals surface area contributed by atoms with Crippen molar-refractivity contribution < 1.29 is 4.79 Å². The van der Waals surface area contributed by atoms with Gasteiger partial charge in [-0.2, -0.15) is 0 Å². The Morgan fingerprint density at radius 3 is 3.12 bits per heavy atom. The van der Waals surface area contributed by atoms with Crippen LogP contribution in [0.15, 0.2) is 36.4 Å². The van der Waals surface area contributed by atoms with Gasteiger partial charge in [-0.25, -0.2) is 4.98 Å². The first-order valence-electron chi connectivity index (χ1n) is 7.78. The highest BCUT2D eigenvalue weighted by Crippen LogP contribution is 2.33. The van der Waals surface area contributed by atoms with E-state index in [2.05, 4.69) is 21.7 Å². The molecule has 0 aliphatic carbocycles. The fraction of sp³-hybridized carbons (Fsp3) is 0.222. The van der Waals surface area contributed by atoms with Crippen LogP contribution in [0.3, 0.4) is 0 Å². The minimum atomic E-state index is -0.309. The van der Waals surface area contributed by atoms with Crippen molar-refractivity contribution in [3.8, 4) is 0 Å². The Hall–Kier alpha value is -1.95. The highest BCUT2D eigenvalue weighted by molar-refractivity contribution is 7.22. The number of nitrogens with one attached hydrogen (secondary N) is 2. The molecule has 1 amide bonds. The lowest BCUT2D eigenvalue weighted by molar-refractivity contribution is -0.117. The molecule has 0 saturated carbocycles. The van der Waals surface area contributed by atoms with Gasteiger partial charge in [0.15, 0.2) is 5.13 Å². The normalized spacial score (nSPS) is 16.8. The first-order chi connectivity index (χ1) is 11.6. The molecule has 0 bridgehead atoms. The van der Waals surface area contributed by atoms with Crippen LogP contribution in [-0.4, -0.2) is 17.4 Å². The molecule has 0 radical (unpaired) electrons. The van der Waals surface area contributed by atoms with E-state index >= 15 is 0 Å². The number of halogens is 1. The highest BCUT2D eigenvalue weighted by Gasteiger charge is 2.29. The van der Waals surface area contributed by atoms with E-state index in [1.54, 1.807) is 0 Å². The van der Waals surface area contributed by atoms with E-state index in [1.165, 1.54) is 16.9 Å². The SMILES string of the molecule is Cc1ccc2nc(NC(=O)C3CNCc4cccc(Cl)c43)sc2c1. The van der Waals surface area contributed by atoms with Crippen LogP contribution in [0.25, 0.3) is 10.2 Å². The van der Waals surface area contributed by atoms with Gasteiger partial charge in [0.1, 0.15) is 0 Å². The second-order valence-corrected chi connectivity index (χ2v) is 7.41. The van der Waals surface area contributed by atoms with Gasteiger partial charge in [-0.3, -0.25) is 4.79 Å². The number of aryl methyl sites for hydroxylation is 1. The Morgan fingerprint density at radius 1 is 1.38 bits per heavy atom. The summed E-state index contributed by atoms with van der Waals surface area (Å²) in [5, 5.41) is 7.51. The summed E-state index contributed by atoms with van der Waals surface area (Å²) in [7, 11) is 0. The van der Waals surface area contributed by atoms with Crippen LogP contribution in [0.1, 0.15) is 22.6 Å². The standard InChI is InChI=1S/C18H16ClN3OS/c1-10-5-6-14-15(7-10)24-18(21-14)22-17(23)12-9-20-8-11-3-2-4-13(19)16(11)12/h2-7,12,20H,8-9H2,1H3,(H,21,22,23). The molecular weight excluding hydrogens is 342 g/mol. The summed E-state index contributed by atoms with van der Waals surface area (Å²) in [6.07, 6.45) is 0. The molecule has 1 aliphatic rings. The highest BCUT2D eigenvalue weighted by atomic mass is 35.5. The summed E-state index contributed by atoms with van der Waals surface area (Å²) < 4.78 is 1.07. The molecule has 1 unspecified atom stereocenters. The average molecular weight is 358 g/mol. The van der Waals surface area contributed by atoms with Crippen LogP contribution in [0.4, 0.5) is 5.13 Å². The molecule has 1 atom stereocenters. The number of thiazole rings is 1. The molecule has 0 fully saturated rings.